The monoisotopic (exact) mass is 347 g/mol. The Bertz CT molecular complexity index is 416. The van der Waals surface area contributed by atoms with Gasteiger partial charge in [-0.2, -0.15) is 12.6 Å². The first-order valence-corrected chi connectivity index (χ1v) is 8.41. The molecule has 0 bridgehead atoms. The smallest absolute Gasteiger partial charge is 0.326 e. The van der Waals surface area contributed by atoms with Crippen molar-refractivity contribution in [1.82, 2.24) is 10.6 Å². The van der Waals surface area contributed by atoms with Crippen LogP contribution in [-0.2, 0) is 14.4 Å². The molecule has 5 N–H and O–H groups in total. The second-order valence-corrected chi connectivity index (χ2v) is 6.87. The van der Waals surface area contributed by atoms with E-state index in [-0.39, 0.29) is 17.6 Å². The lowest BCUT2D eigenvalue weighted by molar-refractivity contribution is -0.142. The van der Waals surface area contributed by atoms with Gasteiger partial charge in [0.15, 0.2) is 0 Å². The number of amides is 2. The lowest BCUT2D eigenvalue weighted by Gasteiger charge is -2.24. The van der Waals surface area contributed by atoms with E-state index < -0.39 is 35.9 Å². The van der Waals surface area contributed by atoms with E-state index in [1.807, 2.05) is 27.7 Å². The molecule has 3 atom stereocenters. The number of nitrogens with one attached hydrogen (secondary N) is 2. The van der Waals surface area contributed by atoms with Crippen LogP contribution in [0.15, 0.2) is 0 Å². The zero-order valence-electron chi connectivity index (χ0n) is 14.2. The Morgan fingerprint density at radius 2 is 1.39 bits per heavy atom. The van der Waals surface area contributed by atoms with Gasteiger partial charge in [-0.1, -0.05) is 27.7 Å². The van der Waals surface area contributed by atoms with E-state index in [2.05, 4.69) is 23.3 Å². The van der Waals surface area contributed by atoms with E-state index in [4.69, 9.17) is 5.73 Å². The molecule has 8 heteroatoms. The van der Waals surface area contributed by atoms with E-state index in [0.29, 0.717) is 12.8 Å². The van der Waals surface area contributed by atoms with Crippen LogP contribution in [0.5, 0.6) is 0 Å². The van der Waals surface area contributed by atoms with Gasteiger partial charge in [0.05, 0.1) is 6.04 Å². The average Bonchev–Trinajstić information content (AvgIpc) is 2.43. The Morgan fingerprint density at radius 1 is 0.957 bits per heavy atom. The van der Waals surface area contributed by atoms with Crippen molar-refractivity contribution in [2.75, 3.05) is 5.75 Å². The van der Waals surface area contributed by atoms with Gasteiger partial charge < -0.3 is 21.5 Å². The molecule has 0 rings (SSSR count). The highest BCUT2D eigenvalue weighted by atomic mass is 32.1. The zero-order valence-corrected chi connectivity index (χ0v) is 15.1. The predicted octanol–water partition coefficient (Wildman–Crippen LogP) is 0.390. The molecule has 7 nitrogen and oxygen atoms in total. The third-order valence-electron chi connectivity index (χ3n) is 3.20. The fraction of sp³-hybridized carbons (Fsp3) is 0.800. The van der Waals surface area contributed by atoms with Crippen molar-refractivity contribution in [2.24, 2.45) is 17.6 Å². The van der Waals surface area contributed by atoms with Crippen molar-refractivity contribution in [1.29, 1.82) is 0 Å². The van der Waals surface area contributed by atoms with Crippen LogP contribution in [0.3, 0.4) is 0 Å². The number of hydrogen-bond donors (Lipinski definition) is 5. The second-order valence-electron chi connectivity index (χ2n) is 6.51. The maximum atomic E-state index is 12.4. The van der Waals surface area contributed by atoms with E-state index in [1.54, 1.807) is 0 Å². The van der Waals surface area contributed by atoms with Gasteiger partial charge in [-0.3, -0.25) is 9.59 Å². The van der Waals surface area contributed by atoms with Gasteiger partial charge in [0, 0.05) is 5.75 Å². The average molecular weight is 347 g/mol. The van der Waals surface area contributed by atoms with Crippen molar-refractivity contribution >= 4 is 30.4 Å². The molecular formula is C15H29N3O4S. The molecule has 0 aromatic heterocycles. The molecule has 0 aliphatic rings. The number of carbonyl (C=O) groups excluding carboxylic acids is 2. The first-order chi connectivity index (χ1) is 10.6. The quantitative estimate of drug-likeness (QED) is 0.366. The number of carboxylic acids is 1. The minimum absolute atomic E-state index is 0.118. The van der Waals surface area contributed by atoms with Gasteiger partial charge in [0.2, 0.25) is 11.8 Å². The fourth-order valence-corrected chi connectivity index (χ4v) is 2.20. The summed E-state index contributed by atoms with van der Waals surface area (Å²) in [6.45, 7) is 7.57. The summed E-state index contributed by atoms with van der Waals surface area (Å²) in [6, 6.07) is -2.61. The molecule has 0 aliphatic carbocycles. The first-order valence-electron chi connectivity index (χ1n) is 7.78. The van der Waals surface area contributed by atoms with Gasteiger partial charge in [0.1, 0.15) is 12.1 Å². The SMILES string of the molecule is CC(C)C[C@H](NC(=O)[C@H](CC(C)C)NC(=O)[C@@H](N)CS)C(=O)O. The molecule has 0 unspecified atom stereocenters. The number of hydrogen-bond acceptors (Lipinski definition) is 5. The molecule has 0 fully saturated rings. The van der Waals surface area contributed by atoms with Crippen LogP contribution in [0.2, 0.25) is 0 Å². The second kappa shape index (κ2) is 10.5. The molecule has 23 heavy (non-hydrogen) atoms. The summed E-state index contributed by atoms with van der Waals surface area (Å²) in [5.74, 6) is -1.65. The Morgan fingerprint density at radius 3 is 1.78 bits per heavy atom. The number of aliphatic carboxylic acids is 1. The van der Waals surface area contributed by atoms with Crippen molar-refractivity contribution in [2.45, 2.75) is 58.7 Å². The maximum Gasteiger partial charge on any atom is 0.326 e. The molecule has 0 spiro atoms. The van der Waals surface area contributed by atoms with E-state index in [1.165, 1.54) is 0 Å². The van der Waals surface area contributed by atoms with Gasteiger partial charge in [-0.15, -0.1) is 0 Å². The van der Waals surface area contributed by atoms with Crippen LogP contribution in [0, 0.1) is 11.8 Å². The highest BCUT2D eigenvalue weighted by Crippen LogP contribution is 2.09. The summed E-state index contributed by atoms with van der Waals surface area (Å²) in [7, 11) is 0. The fourth-order valence-electron chi connectivity index (χ4n) is 2.03. The number of carbonyl (C=O) groups is 3. The summed E-state index contributed by atoms with van der Waals surface area (Å²) in [5.41, 5.74) is 5.60. The van der Waals surface area contributed by atoms with Crippen molar-refractivity contribution in [3.8, 4) is 0 Å². The Labute approximate surface area is 143 Å². The van der Waals surface area contributed by atoms with E-state index >= 15 is 0 Å². The van der Waals surface area contributed by atoms with Gasteiger partial charge >= 0.3 is 5.97 Å². The van der Waals surface area contributed by atoms with Crippen LogP contribution in [0.1, 0.15) is 40.5 Å². The third kappa shape index (κ3) is 8.80. The highest BCUT2D eigenvalue weighted by molar-refractivity contribution is 7.80. The van der Waals surface area contributed by atoms with Crippen LogP contribution in [0.25, 0.3) is 0 Å². The molecule has 0 saturated carbocycles. The van der Waals surface area contributed by atoms with Crippen molar-refractivity contribution in [3.05, 3.63) is 0 Å². The number of rotatable bonds is 10. The Hall–Kier alpha value is -1.28. The summed E-state index contributed by atoms with van der Waals surface area (Å²) >= 11 is 3.95. The molecule has 0 radical (unpaired) electrons. The molecule has 2 amide bonds. The molecule has 0 aliphatic heterocycles. The largest absolute Gasteiger partial charge is 0.480 e. The lowest BCUT2D eigenvalue weighted by Crippen LogP contribution is -2.55. The minimum Gasteiger partial charge on any atom is -0.480 e. The molecule has 0 saturated heterocycles. The summed E-state index contributed by atoms with van der Waals surface area (Å²) in [4.78, 5) is 35.5. The highest BCUT2D eigenvalue weighted by Gasteiger charge is 2.28. The van der Waals surface area contributed by atoms with Crippen LogP contribution in [-0.4, -0.2) is 46.8 Å². The normalized spacial score (nSPS) is 15.1. The molecule has 0 heterocycles. The molecule has 0 aromatic rings. The molecule has 134 valence electrons. The van der Waals surface area contributed by atoms with Gasteiger partial charge in [0.25, 0.3) is 0 Å². The van der Waals surface area contributed by atoms with Crippen LogP contribution in [0.4, 0.5) is 0 Å². The lowest BCUT2D eigenvalue weighted by atomic mass is 10.0. The zero-order chi connectivity index (χ0) is 18.2. The van der Waals surface area contributed by atoms with Gasteiger partial charge in [-0.25, -0.2) is 4.79 Å². The molecular weight excluding hydrogens is 318 g/mol. The van der Waals surface area contributed by atoms with Crippen LogP contribution < -0.4 is 16.4 Å². The predicted molar refractivity (Wildman–Crippen MR) is 92.2 cm³/mol. The first kappa shape index (κ1) is 21.7. The third-order valence-corrected chi connectivity index (χ3v) is 3.59. The van der Waals surface area contributed by atoms with E-state index in [9.17, 15) is 19.5 Å². The Kier molecular flexibility index (Phi) is 9.90. The van der Waals surface area contributed by atoms with Crippen molar-refractivity contribution < 1.29 is 19.5 Å². The van der Waals surface area contributed by atoms with Crippen molar-refractivity contribution in [3.63, 3.8) is 0 Å². The number of nitrogens with two attached hydrogens (primary N) is 1. The number of carboxylic acid groups (broad SMARTS) is 1. The summed E-state index contributed by atoms with van der Waals surface area (Å²) < 4.78 is 0. The maximum absolute atomic E-state index is 12.4. The minimum atomic E-state index is -1.09. The summed E-state index contributed by atoms with van der Waals surface area (Å²) in [5, 5.41) is 14.3. The molecule has 0 aromatic carbocycles. The topological polar surface area (TPSA) is 122 Å². The number of thiol groups is 1. The Balaban J connectivity index is 4.97. The van der Waals surface area contributed by atoms with E-state index in [0.717, 1.165) is 0 Å². The van der Waals surface area contributed by atoms with Gasteiger partial charge in [-0.05, 0) is 24.7 Å². The van der Waals surface area contributed by atoms with Crippen LogP contribution >= 0.6 is 12.6 Å². The standard InChI is InChI=1S/C15H29N3O4S/c1-8(2)5-11(17-13(19)10(16)7-23)14(20)18-12(15(21)22)6-9(3)4/h8-12,23H,5-7,16H2,1-4H3,(H,17,19)(H,18,20)(H,21,22)/t10-,11-,12-/m0/s1. The summed E-state index contributed by atoms with van der Waals surface area (Å²) in [6.07, 6.45) is 0.713.